The number of hydrogen-bond donors (Lipinski definition) is 3. The molecule has 3 N–H and O–H groups in total. The van der Waals surface area contributed by atoms with Crippen molar-refractivity contribution in [3.8, 4) is 6.07 Å². The van der Waals surface area contributed by atoms with E-state index < -0.39 is 5.91 Å². The second-order valence-electron chi connectivity index (χ2n) is 8.49. The molecule has 1 saturated carbocycles. The third-order valence-electron chi connectivity index (χ3n) is 5.97. The van der Waals surface area contributed by atoms with E-state index in [4.69, 9.17) is 5.26 Å². The molecule has 13 nitrogen and oxygen atoms in total. The maximum absolute atomic E-state index is 12.3. The molecule has 0 radical (unpaired) electrons. The van der Waals surface area contributed by atoms with Crippen LogP contribution < -0.4 is 16.0 Å². The van der Waals surface area contributed by atoms with Crippen LogP contribution in [-0.4, -0.2) is 67.6 Å². The fourth-order valence-electron chi connectivity index (χ4n) is 3.79. The van der Waals surface area contributed by atoms with E-state index in [-0.39, 0.29) is 47.5 Å². The molecule has 2 fully saturated rings. The number of nitrogens with zero attached hydrogens (tertiary/aromatic N) is 7. The van der Waals surface area contributed by atoms with Crippen LogP contribution in [-0.2, 0) is 9.59 Å². The lowest BCUT2D eigenvalue weighted by atomic mass is 9.92. The van der Waals surface area contributed by atoms with Crippen molar-refractivity contribution in [2.45, 2.75) is 25.2 Å². The standard InChI is InChI=1S/C22H22N10O3/c1-24-21(35)19-15(8-16(28-29-19)26-20(34)12-2-3-12)25-22-27-17-5-4-13(11-32(17)30-22)14-9-31(10-14)18(33)6-7-23/h4-5,8,11-12,14H,2-3,6,9-10H2,1H3,(H,24,35)(H2,25,26,28,30,34). The summed E-state index contributed by atoms with van der Waals surface area (Å²) in [6.07, 6.45) is 3.43. The molecular formula is C22H22N10O3. The topological polar surface area (TPSA) is 170 Å². The van der Waals surface area contributed by atoms with E-state index in [2.05, 4.69) is 36.2 Å². The monoisotopic (exact) mass is 474 g/mol. The zero-order valence-corrected chi connectivity index (χ0v) is 18.9. The Morgan fingerprint density at radius 3 is 2.71 bits per heavy atom. The van der Waals surface area contributed by atoms with Gasteiger partial charge in [-0.25, -0.2) is 4.52 Å². The lowest BCUT2D eigenvalue weighted by molar-refractivity contribution is -0.134. The second kappa shape index (κ2) is 8.98. The smallest absolute Gasteiger partial charge is 0.273 e. The first kappa shape index (κ1) is 22.2. The van der Waals surface area contributed by atoms with Crippen LogP contribution in [0.25, 0.3) is 5.65 Å². The van der Waals surface area contributed by atoms with Gasteiger partial charge in [0.2, 0.25) is 17.8 Å². The summed E-state index contributed by atoms with van der Waals surface area (Å²) in [5.41, 5.74) is 1.91. The van der Waals surface area contributed by atoms with Gasteiger partial charge in [0.05, 0.1) is 11.8 Å². The summed E-state index contributed by atoms with van der Waals surface area (Å²) in [4.78, 5) is 42.3. The number of amides is 3. The lowest BCUT2D eigenvalue weighted by Crippen LogP contribution is -2.48. The van der Waals surface area contributed by atoms with E-state index >= 15 is 0 Å². The molecule has 0 spiro atoms. The average molecular weight is 474 g/mol. The molecule has 178 valence electrons. The maximum Gasteiger partial charge on any atom is 0.273 e. The van der Waals surface area contributed by atoms with Gasteiger partial charge in [-0.2, -0.15) is 10.2 Å². The van der Waals surface area contributed by atoms with Crippen molar-refractivity contribution in [2.75, 3.05) is 30.8 Å². The van der Waals surface area contributed by atoms with Gasteiger partial charge in [0.1, 0.15) is 6.42 Å². The number of nitrogens with one attached hydrogen (secondary N) is 3. The number of anilines is 3. The summed E-state index contributed by atoms with van der Waals surface area (Å²) in [6.45, 7) is 1.11. The lowest BCUT2D eigenvalue weighted by Gasteiger charge is -2.39. The number of fused-ring (bicyclic) bond motifs is 1. The molecule has 1 aliphatic carbocycles. The van der Waals surface area contributed by atoms with Crippen LogP contribution in [0.15, 0.2) is 24.4 Å². The zero-order valence-electron chi connectivity index (χ0n) is 18.9. The molecule has 35 heavy (non-hydrogen) atoms. The Balaban J connectivity index is 1.35. The molecule has 0 aromatic carbocycles. The number of carbonyl (C=O) groups excluding carboxylic acids is 3. The normalized spacial score (nSPS) is 15.3. The number of rotatable bonds is 7. The van der Waals surface area contributed by atoms with E-state index in [1.807, 2.05) is 24.4 Å². The van der Waals surface area contributed by atoms with Gasteiger partial charge in [-0.15, -0.1) is 15.3 Å². The van der Waals surface area contributed by atoms with Crippen molar-refractivity contribution < 1.29 is 14.4 Å². The summed E-state index contributed by atoms with van der Waals surface area (Å²) >= 11 is 0. The summed E-state index contributed by atoms with van der Waals surface area (Å²) in [5.74, 6) is -0.130. The Kier molecular flexibility index (Phi) is 5.69. The molecule has 0 atom stereocenters. The van der Waals surface area contributed by atoms with E-state index in [9.17, 15) is 14.4 Å². The second-order valence-corrected chi connectivity index (χ2v) is 8.49. The molecule has 1 aliphatic heterocycles. The van der Waals surface area contributed by atoms with E-state index in [1.54, 1.807) is 9.42 Å². The van der Waals surface area contributed by atoms with Crippen molar-refractivity contribution in [1.29, 1.82) is 5.26 Å². The number of likely N-dealkylation sites (tertiary alicyclic amines) is 1. The van der Waals surface area contributed by atoms with Crippen molar-refractivity contribution in [3.05, 3.63) is 35.7 Å². The van der Waals surface area contributed by atoms with Crippen molar-refractivity contribution in [2.24, 2.45) is 5.92 Å². The fourth-order valence-corrected chi connectivity index (χ4v) is 3.79. The van der Waals surface area contributed by atoms with Gasteiger partial charge in [0.15, 0.2) is 17.2 Å². The van der Waals surface area contributed by atoms with E-state index in [1.165, 1.54) is 13.1 Å². The molecule has 2 aliphatic rings. The highest BCUT2D eigenvalue weighted by Crippen LogP contribution is 2.31. The van der Waals surface area contributed by atoms with Gasteiger partial charge in [-0.1, -0.05) is 6.07 Å². The number of pyridine rings is 1. The minimum Gasteiger partial charge on any atom is -0.354 e. The van der Waals surface area contributed by atoms with Crippen LogP contribution >= 0.6 is 0 Å². The van der Waals surface area contributed by atoms with Crippen LogP contribution in [0.1, 0.15) is 41.2 Å². The first-order valence-electron chi connectivity index (χ1n) is 11.1. The Morgan fingerprint density at radius 1 is 1.20 bits per heavy atom. The average Bonchev–Trinajstić information content (AvgIpc) is 3.58. The Morgan fingerprint density at radius 2 is 2.00 bits per heavy atom. The summed E-state index contributed by atoms with van der Waals surface area (Å²) in [6, 6.07) is 7.15. The first-order chi connectivity index (χ1) is 16.9. The third-order valence-corrected chi connectivity index (χ3v) is 5.97. The zero-order chi connectivity index (χ0) is 24.5. The number of nitriles is 1. The predicted octanol–water partition coefficient (Wildman–Crippen LogP) is 0.810. The maximum atomic E-state index is 12.3. The van der Waals surface area contributed by atoms with Crippen LogP contribution in [0, 0.1) is 17.2 Å². The molecule has 3 aromatic rings. The highest BCUT2D eigenvalue weighted by atomic mass is 16.2. The van der Waals surface area contributed by atoms with Gasteiger partial charge >= 0.3 is 0 Å². The van der Waals surface area contributed by atoms with Gasteiger partial charge in [0.25, 0.3) is 5.91 Å². The van der Waals surface area contributed by atoms with Gasteiger partial charge in [0, 0.05) is 44.2 Å². The Hall–Kier alpha value is -4.60. The first-order valence-corrected chi connectivity index (χ1v) is 11.1. The molecular weight excluding hydrogens is 452 g/mol. The largest absolute Gasteiger partial charge is 0.354 e. The number of hydrogen-bond acceptors (Lipinski definition) is 9. The van der Waals surface area contributed by atoms with Crippen LogP contribution in [0.2, 0.25) is 0 Å². The van der Waals surface area contributed by atoms with Crippen molar-refractivity contribution in [3.63, 3.8) is 0 Å². The highest BCUT2D eigenvalue weighted by molar-refractivity contribution is 5.99. The van der Waals surface area contributed by atoms with Crippen LogP contribution in [0.4, 0.5) is 17.5 Å². The molecule has 3 aromatic heterocycles. The van der Waals surface area contributed by atoms with Crippen LogP contribution in [0.3, 0.4) is 0 Å². The van der Waals surface area contributed by atoms with Crippen molar-refractivity contribution >= 4 is 40.8 Å². The summed E-state index contributed by atoms with van der Waals surface area (Å²) in [5, 5.41) is 29.3. The Labute approximate surface area is 199 Å². The van der Waals surface area contributed by atoms with E-state index in [0.717, 1.165) is 18.4 Å². The van der Waals surface area contributed by atoms with Crippen molar-refractivity contribution in [1.82, 2.24) is 35.0 Å². The molecule has 3 amide bonds. The van der Waals surface area contributed by atoms with Gasteiger partial charge in [-0.3, -0.25) is 14.4 Å². The van der Waals surface area contributed by atoms with E-state index in [0.29, 0.717) is 24.4 Å². The molecule has 0 unspecified atom stereocenters. The number of aromatic nitrogens is 5. The predicted molar refractivity (Wildman–Crippen MR) is 123 cm³/mol. The number of carbonyl (C=O) groups is 3. The molecule has 5 rings (SSSR count). The minimum atomic E-state index is -0.452. The molecule has 4 heterocycles. The third kappa shape index (κ3) is 4.58. The summed E-state index contributed by atoms with van der Waals surface area (Å²) < 4.78 is 1.61. The fraction of sp³-hybridized carbons (Fsp3) is 0.364. The quantitative estimate of drug-likeness (QED) is 0.448. The SMILES string of the molecule is CNC(=O)c1nnc(NC(=O)C2CC2)cc1Nc1nc2ccc(C3CN(C(=O)CC#N)C3)cn2n1. The highest BCUT2D eigenvalue weighted by Gasteiger charge is 2.32. The molecule has 1 saturated heterocycles. The summed E-state index contributed by atoms with van der Waals surface area (Å²) in [7, 11) is 1.48. The Bertz CT molecular complexity index is 1370. The molecule has 13 heteroatoms. The van der Waals surface area contributed by atoms with Crippen LogP contribution in [0.5, 0.6) is 0 Å². The molecule has 0 bridgehead atoms. The van der Waals surface area contributed by atoms with Gasteiger partial charge < -0.3 is 20.9 Å². The van der Waals surface area contributed by atoms with Gasteiger partial charge in [-0.05, 0) is 24.5 Å². The minimum absolute atomic E-state index is 0.00617.